The molecule has 1 aromatic heterocycles. The minimum absolute atomic E-state index is 0.0454. The normalized spacial score (nSPS) is 13.2. The first-order valence-electron chi connectivity index (χ1n) is 12.4. The van der Waals surface area contributed by atoms with E-state index in [-0.39, 0.29) is 11.8 Å². The number of nitrogens with zero attached hydrogens (tertiary/aromatic N) is 2. The molecule has 2 heterocycles. The molecule has 1 aliphatic heterocycles. The van der Waals surface area contributed by atoms with E-state index >= 15 is 0 Å². The highest BCUT2D eigenvalue weighted by Crippen LogP contribution is 2.32. The zero-order chi connectivity index (χ0) is 25.5. The second-order valence-electron chi connectivity index (χ2n) is 8.69. The topological polar surface area (TPSA) is 74.3 Å². The zero-order valence-electron chi connectivity index (χ0n) is 20.7. The van der Waals surface area contributed by atoms with E-state index in [2.05, 4.69) is 21.7 Å². The minimum Gasteiger partial charge on any atom is -0.339 e. The third kappa shape index (κ3) is 6.01. The van der Waals surface area contributed by atoms with Crippen LogP contribution in [0.4, 0.5) is 5.69 Å². The van der Waals surface area contributed by atoms with Crippen LogP contribution in [0.3, 0.4) is 0 Å². The lowest BCUT2D eigenvalue weighted by Crippen LogP contribution is -2.30. The van der Waals surface area contributed by atoms with Gasteiger partial charge in [0.1, 0.15) is 5.15 Å². The number of nitrogens with one attached hydrogen (secondary N) is 2. The predicted molar refractivity (Wildman–Crippen MR) is 145 cm³/mol. The molecule has 0 unspecified atom stereocenters. The third-order valence-corrected chi connectivity index (χ3v) is 6.65. The first-order valence-corrected chi connectivity index (χ1v) is 12.7. The Labute approximate surface area is 217 Å². The SMILES string of the molecule is CCN(CC)C(=O)c1ccc(C(=C2CCNCC2)c2cccc(NC(=O)c3ccc(Cl)nc3)c2)cc1. The molecule has 0 bridgehead atoms. The molecule has 1 fully saturated rings. The van der Waals surface area contributed by atoms with Crippen molar-refractivity contribution in [3.05, 3.63) is 99.8 Å². The zero-order valence-corrected chi connectivity index (χ0v) is 21.4. The van der Waals surface area contributed by atoms with Gasteiger partial charge >= 0.3 is 0 Å². The molecule has 0 aliphatic carbocycles. The Morgan fingerprint density at radius 2 is 1.58 bits per heavy atom. The summed E-state index contributed by atoms with van der Waals surface area (Å²) in [4.78, 5) is 31.3. The summed E-state index contributed by atoms with van der Waals surface area (Å²) >= 11 is 5.85. The van der Waals surface area contributed by atoms with E-state index in [1.807, 2.05) is 61.2 Å². The van der Waals surface area contributed by atoms with E-state index < -0.39 is 0 Å². The van der Waals surface area contributed by atoms with Gasteiger partial charge in [-0.25, -0.2) is 4.98 Å². The van der Waals surface area contributed by atoms with Crippen molar-refractivity contribution < 1.29 is 9.59 Å². The van der Waals surface area contributed by atoms with E-state index in [9.17, 15) is 9.59 Å². The highest BCUT2D eigenvalue weighted by Gasteiger charge is 2.18. The van der Waals surface area contributed by atoms with Gasteiger partial charge in [-0.2, -0.15) is 0 Å². The fourth-order valence-corrected chi connectivity index (χ4v) is 4.60. The van der Waals surface area contributed by atoms with Gasteiger partial charge in [-0.3, -0.25) is 9.59 Å². The van der Waals surface area contributed by atoms with Crippen LogP contribution in [0.25, 0.3) is 5.57 Å². The van der Waals surface area contributed by atoms with Gasteiger partial charge in [0.25, 0.3) is 11.8 Å². The summed E-state index contributed by atoms with van der Waals surface area (Å²) in [5, 5.41) is 6.74. The summed E-state index contributed by atoms with van der Waals surface area (Å²) in [5.41, 5.74) is 6.44. The van der Waals surface area contributed by atoms with Crippen LogP contribution in [-0.4, -0.2) is 47.9 Å². The van der Waals surface area contributed by atoms with Crippen LogP contribution in [-0.2, 0) is 0 Å². The van der Waals surface area contributed by atoms with Crippen molar-refractivity contribution >= 4 is 34.7 Å². The smallest absolute Gasteiger partial charge is 0.257 e. The van der Waals surface area contributed by atoms with Crippen LogP contribution in [0.1, 0.15) is 58.5 Å². The second-order valence-corrected chi connectivity index (χ2v) is 9.08. The number of carbonyl (C=O) groups excluding carboxylic acids is 2. The molecule has 0 atom stereocenters. The van der Waals surface area contributed by atoms with E-state index in [0.717, 1.165) is 42.6 Å². The quantitative estimate of drug-likeness (QED) is 0.409. The monoisotopic (exact) mass is 502 g/mol. The molecular weight excluding hydrogens is 472 g/mol. The Balaban J connectivity index is 1.65. The van der Waals surface area contributed by atoms with E-state index in [4.69, 9.17) is 11.6 Å². The van der Waals surface area contributed by atoms with Crippen molar-refractivity contribution in [1.29, 1.82) is 0 Å². The summed E-state index contributed by atoms with van der Waals surface area (Å²) in [6.45, 7) is 7.21. The molecule has 4 rings (SSSR count). The number of pyridine rings is 1. The van der Waals surface area contributed by atoms with E-state index in [0.29, 0.717) is 35.1 Å². The maximum Gasteiger partial charge on any atom is 0.257 e. The molecule has 3 aromatic rings. The lowest BCUT2D eigenvalue weighted by Gasteiger charge is -2.22. The van der Waals surface area contributed by atoms with E-state index in [1.165, 1.54) is 11.8 Å². The lowest BCUT2D eigenvalue weighted by atomic mass is 9.88. The number of piperidine rings is 1. The van der Waals surface area contributed by atoms with Crippen molar-refractivity contribution in [2.24, 2.45) is 0 Å². The Morgan fingerprint density at radius 3 is 2.22 bits per heavy atom. The molecule has 0 spiro atoms. The second kappa shape index (κ2) is 12.0. The van der Waals surface area contributed by atoms with Gasteiger partial charge < -0.3 is 15.5 Å². The lowest BCUT2D eigenvalue weighted by molar-refractivity contribution is 0.0772. The summed E-state index contributed by atoms with van der Waals surface area (Å²) in [6, 6.07) is 19.0. The molecule has 2 N–H and O–H groups in total. The minimum atomic E-state index is -0.244. The van der Waals surface area contributed by atoms with Crippen molar-refractivity contribution in [1.82, 2.24) is 15.2 Å². The molecule has 6 nitrogen and oxygen atoms in total. The third-order valence-electron chi connectivity index (χ3n) is 6.43. The van der Waals surface area contributed by atoms with Gasteiger partial charge in [0, 0.05) is 30.5 Å². The first-order chi connectivity index (χ1) is 17.5. The Bertz CT molecular complexity index is 1240. The van der Waals surface area contributed by atoms with Crippen LogP contribution < -0.4 is 10.6 Å². The fraction of sp³-hybridized carbons (Fsp3) is 0.276. The number of carbonyl (C=O) groups is 2. The highest BCUT2D eigenvalue weighted by molar-refractivity contribution is 6.29. The van der Waals surface area contributed by atoms with E-state index in [1.54, 1.807) is 12.1 Å². The van der Waals surface area contributed by atoms with Crippen molar-refractivity contribution in [3.63, 3.8) is 0 Å². The van der Waals surface area contributed by atoms with Crippen LogP contribution in [0, 0.1) is 0 Å². The van der Waals surface area contributed by atoms with Gasteiger partial charge in [-0.05, 0) is 92.9 Å². The molecule has 0 saturated carbocycles. The maximum absolute atomic E-state index is 12.8. The molecule has 1 saturated heterocycles. The summed E-state index contributed by atoms with van der Waals surface area (Å²) in [5.74, 6) is -0.198. The number of hydrogen-bond acceptors (Lipinski definition) is 4. The highest BCUT2D eigenvalue weighted by atomic mass is 35.5. The maximum atomic E-state index is 12.8. The number of hydrogen-bond donors (Lipinski definition) is 2. The number of halogens is 1. The molecule has 0 radical (unpaired) electrons. The van der Waals surface area contributed by atoms with Gasteiger partial charge in [-0.1, -0.05) is 41.4 Å². The van der Waals surface area contributed by atoms with Crippen LogP contribution >= 0.6 is 11.6 Å². The number of aromatic nitrogens is 1. The van der Waals surface area contributed by atoms with Gasteiger partial charge in [0.05, 0.1) is 5.56 Å². The standard InChI is InChI=1S/C29H31ClN4O2/c1-3-34(4-2)29(36)22-10-8-20(9-11-22)27(21-14-16-31-17-15-21)23-6-5-7-25(18-23)33-28(35)24-12-13-26(30)32-19-24/h5-13,18-19,31H,3-4,14-17H2,1-2H3,(H,33,35). The molecule has 1 aliphatic rings. The average molecular weight is 503 g/mol. The summed E-state index contributed by atoms with van der Waals surface area (Å²) in [6.07, 6.45) is 3.36. The molecule has 2 aromatic carbocycles. The number of amides is 2. The van der Waals surface area contributed by atoms with Crippen molar-refractivity contribution in [2.45, 2.75) is 26.7 Å². The summed E-state index contributed by atoms with van der Waals surface area (Å²) < 4.78 is 0. The van der Waals surface area contributed by atoms with Crippen molar-refractivity contribution in [2.75, 3.05) is 31.5 Å². The van der Waals surface area contributed by atoms with Crippen LogP contribution in [0.15, 0.2) is 72.4 Å². The molecule has 36 heavy (non-hydrogen) atoms. The molecule has 2 amide bonds. The number of anilines is 1. The predicted octanol–water partition coefficient (Wildman–Crippen LogP) is 5.65. The van der Waals surface area contributed by atoms with Crippen LogP contribution in [0.5, 0.6) is 0 Å². The molecule has 186 valence electrons. The Hall–Kier alpha value is -3.48. The summed E-state index contributed by atoms with van der Waals surface area (Å²) in [7, 11) is 0. The Kier molecular flexibility index (Phi) is 8.52. The average Bonchev–Trinajstić information content (AvgIpc) is 2.91. The van der Waals surface area contributed by atoms with Gasteiger partial charge in [0.2, 0.25) is 0 Å². The molecule has 7 heteroatoms. The Morgan fingerprint density at radius 1 is 0.917 bits per heavy atom. The van der Waals surface area contributed by atoms with Gasteiger partial charge in [0.15, 0.2) is 0 Å². The van der Waals surface area contributed by atoms with Crippen LogP contribution in [0.2, 0.25) is 5.15 Å². The first kappa shape index (κ1) is 25.6. The number of benzene rings is 2. The fourth-order valence-electron chi connectivity index (χ4n) is 4.49. The number of rotatable bonds is 7. The van der Waals surface area contributed by atoms with Crippen molar-refractivity contribution in [3.8, 4) is 0 Å². The molecular formula is C29H31ClN4O2. The largest absolute Gasteiger partial charge is 0.339 e. The van der Waals surface area contributed by atoms with Gasteiger partial charge in [-0.15, -0.1) is 0 Å².